The predicted octanol–water partition coefficient (Wildman–Crippen LogP) is 1.46. The summed E-state index contributed by atoms with van der Waals surface area (Å²) in [6, 6.07) is 2.59. The van der Waals surface area contributed by atoms with Crippen LogP contribution in [-0.2, 0) is 4.74 Å². The molecular weight excluding hydrogens is 240 g/mol. The second-order valence-corrected chi connectivity index (χ2v) is 3.68. The molecule has 0 spiro atoms. The lowest BCUT2D eigenvalue weighted by Gasteiger charge is -2.15. The zero-order valence-electron chi connectivity index (χ0n) is 10.6. The number of rotatable bonds is 4. The van der Waals surface area contributed by atoms with Crippen molar-refractivity contribution in [2.45, 2.75) is 0 Å². The van der Waals surface area contributed by atoms with Gasteiger partial charge in [-0.05, 0) is 0 Å². The van der Waals surface area contributed by atoms with Crippen LogP contribution in [0.1, 0.15) is 10.4 Å². The second-order valence-electron chi connectivity index (χ2n) is 3.68. The normalized spacial score (nSPS) is 9.78. The van der Waals surface area contributed by atoms with Crippen LogP contribution in [0.5, 0.6) is 5.75 Å². The first kappa shape index (κ1) is 13.8. The maximum absolute atomic E-state index is 11.5. The number of carbonyl (C=O) groups is 1. The molecule has 0 fully saturated rings. The Morgan fingerprint density at radius 1 is 1.33 bits per heavy atom. The zero-order chi connectivity index (χ0) is 13.9. The Labute approximate surface area is 104 Å². The van der Waals surface area contributed by atoms with Gasteiger partial charge in [0.15, 0.2) is 0 Å². The number of ether oxygens (including phenoxy) is 2. The summed E-state index contributed by atoms with van der Waals surface area (Å²) in [6.45, 7) is 0. The molecule has 0 bridgehead atoms. The van der Waals surface area contributed by atoms with Crippen LogP contribution in [0.15, 0.2) is 12.1 Å². The molecule has 98 valence electrons. The van der Waals surface area contributed by atoms with Crippen molar-refractivity contribution in [3.63, 3.8) is 0 Å². The van der Waals surface area contributed by atoms with E-state index in [1.54, 1.807) is 19.0 Å². The van der Waals surface area contributed by atoms with Crippen molar-refractivity contribution >= 4 is 17.3 Å². The van der Waals surface area contributed by atoms with Crippen LogP contribution in [0, 0.1) is 10.1 Å². The molecule has 0 radical (unpaired) electrons. The Bertz CT molecular complexity index is 485. The first-order valence-corrected chi connectivity index (χ1v) is 5.04. The third-order valence-corrected chi connectivity index (χ3v) is 2.38. The average molecular weight is 254 g/mol. The second kappa shape index (κ2) is 5.35. The molecule has 0 aliphatic carbocycles. The van der Waals surface area contributed by atoms with Crippen LogP contribution in [-0.4, -0.2) is 39.2 Å². The first-order chi connectivity index (χ1) is 8.42. The molecule has 0 aliphatic heterocycles. The summed E-state index contributed by atoms with van der Waals surface area (Å²) in [5.41, 5.74) is 0.197. The first-order valence-electron chi connectivity index (χ1n) is 5.04. The molecule has 1 aromatic carbocycles. The van der Waals surface area contributed by atoms with Crippen molar-refractivity contribution in [1.82, 2.24) is 0 Å². The Hall–Kier alpha value is -2.31. The molecule has 0 atom stereocenters. The zero-order valence-corrected chi connectivity index (χ0v) is 10.6. The van der Waals surface area contributed by atoms with Crippen molar-refractivity contribution in [3.05, 3.63) is 27.8 Å². The maximum atomic E-state index is 11.5. The van der Waals surface area contributed by atoms with Crippen LogP contribution in [0.2, 0.25) is 0 Å². The number of benzene rings is 1. The molecule has 18 heavy (non-hydrogen) atoms. The number of anilines is 1. The Morgan fingerprint density at radius 3 is 2.33 bits per heavy atom. The maximum Gasteiger partial charge on any atom is 0.341 e. The molecule has 7 heteroatoms. The number of nitro groups is 1. The molecule has 0 aromatic heterocycles. The van der Waals surface area contributed by atoms with Gasteiger partial charge in [-0.2, -0.15) is 0 Å². The highest BCUT2D eigenvalue weighted by Crippen LogP contribution is 2.34. The molecule has 7 nitrogen and oxygen atoms in total. The van der Waals surface area contributed by atoms with E-state index in [0.29, 0.717) is 5.69 Å². The number of hydrogen-bond acceptors (Lipinski definition) is 6. The summed E-state index contributed by atoms with van der Waals surface area (Å²) < 4.78 is 9.60. The SMILES string of the molecule is COC(=O)c1cc([N+](=O)[O-])c(N(C)C)cc1OC. The van der Waals surface area contributed by atoms with Crippen LogP contribution >= 0.6 is 0 Å². The third-order valence-electron chi connectivity index (χ3n) is 2.38. The highest BCUT2D eigenvalue weighted by Gasteiger charge is 2.23. The molecule has 1 rings (SSSR count). The standard InChI is InChI=1S/C11H14N2O5/c1-12(2)8-6-10(17-3)7(11(14)18-4)5-9(8)13(15)16/h5-6H,1-4H3. The molecule has 1 aromatic rings. The molecule has 0 aliphatic rings. The lowest BCUT2D eigenvalue weighted by molar-refractivity contribution is -0.384. The number of nitro benzene ring substituents is 1. The van der Waals surface area contributed by atoms with E-state index in [-0.39, 0.29) is 17.0 Å². The van der Waals surface area contributed by atoms with Crippen molar-refractivity contribution in [2.75, 3.05) is 33.2 Å². The third kappa shape index (κ3) is 2.50. The summed E-state index contributed by atoms with van der Waals surface area (Å²) in [6.07, 6.45) is 0. The van der Waals surface area contributed by atoms with Gasteiger partial charge in [0.25, 0.3) is 5.69 Å². The van der Waals surface area contributed by atoms with Gasteiger partial charge in [0.2, 0.25) is 0 Å². The molecule has 0 heterocycles. The van der Waals surface area contributed by atoms with E-state index < -0.39 is 10.9 Å². The summed E-state index contributed by atoms with van der Waals surface area (Å²) in [5.74, 6) is -0.448. The van der Waals surface area contributed by atoms with Crippen molar-refractivity contribution < 1.29 is 19.2 Å². The summed E-state index contributed by atoms with van der Waals surface area (Å²) in [7, 11) is 5.92. The van der Waals surface area contributed by atoms with Gasteiger partial charge in [0.1, 0.15) is 17.0 Å². The predicted molar refractivity (Wildman–Crippen MR) is 65.3 cm³/mol. The van der Waals surface area contributed by atoms with E-state index in [1.165, 1.54) is 20.3 Å². The highest BCUT2D eigenvalue weighted by molar-refractivity contribution is 5.94. The average Bonchev–Trinajstić information content (AvgIpc) is 2.35. The smallest absolute Gasteiger partial charge is 0.341 e. The Morgan fingerprint density at radius 2 is 1.94 bits per heavy atom. The van der Waals surface area contributed by atoms with Crippen LogP contribution in [0.3, 0.4) is 0 Å². The molecule has 0 N–H and O–H groups in total. The minimum absolute atomic E-state index is 0.0253. The van der Waals surface area contributed by atoms with Crippen LogP contribution in [0.4, 0.5) is 11.4 Å². The monoisotopic (exact) mass is 254 g/mol. The van der Waals surface area contributed by atoms with Gasteiger partial charge in [-0.25, -0.2) is 4.79 Å². The fourth-order valence-corrected chi connectivity index (χ4v) is 1.50. The highest BCUT2D eigenvalue weighted by atomic mass is 16.6. The minimum Gasteiger partial charge on any atom is -0.496 e. The molecule has 0 saturated carbocycles. The summed E-state index contributed by atoms with van der Waals surface area (Å²) in [4.78, 5) is 23.5. The van der Waals surface area contributed by atoms with E-state index >= 15 is 0 Å². The molecule has 0 unspecified atom stereocenters. The number of esters is 1. The van der Waals surface area contributed by atoms with Gasteiger partial charge >= 0.3 is 5.97 Å². The summed E-state index contributed by atoms with van der Waals surface area (Å²) in [5, 5.41) is 11.0. The van der Waals surface area contributed by atoms with Gasteiger partial charge in [0.05, 0.1) is 19.1 Å². The number of methoxy groups -OCH3 is 2. The lowest BCUT2D eigenvalue weighted by atomic mass is 10.1. The van der Waals surface area contributed by atoms with Gasteiger partial charge < -0.3 is 14.4 Å². The van der Waals surface area contributed by atoms with Gasteiger partial charge in [-0.15, -0.1) is 0 Å². The lowest BCUT2D eigenvalue weighted by Crippen LogP contribution is -2.13. The van der Waals surface area contributed by atoms with Gasteiger partial charge in [-0.1, -0.05) is 0 Å². The van der Waals surface area contributed by atoms with Gasteiger partial charge in [-0.3, -0.25) is 10.1 Å². The van der Waals surface area contributed by atoms with Crippen LogP contribution in [0.25, 0.3) is 0 Å². The van der Waals surface area contributed by atoms with E-state index in [4.69, 9.17) is 4.74 Å². The fourth-order valence-electron chi connectivity index (χ4n) is 1.50. The van der Waals surface area contributed by atoms with E-state index in [9.17, 15) is 14.9 Å². The molecule has 0 saturated heterocycles. The van der Waals surface area contributed by atoms with Crippen LogP contribution < -0.4 is 9.64 Å². The van der Waals surface area contributed by atoms with E-state index in [0.717, 1.165) is 6.07 Å². The number of nitrogens with zero attached hydrogens (tertiary/aromatic N) is 2. The van der Waals surface area contributed by atoms with Crippen molar-refractivity contribution in [3.8, 4) is 5.75 Å². The van der Waals surface area contributed by atoms with Gasteiger partial charge in [0, 0.05) is 26.2 Å². The number of hydrogen-bond donors (Lipinski definition) is 0. The number of carbonyl (C=O) groups excluding carboxylic acids is 1. The van der Waals surface area contributed by atoms with E-state index in [2.05, 4.69) is 4.74 Å². The summed E-state index contributed by atoms with van der Waals surface area (Å²) >= 11 is 0. The Kier molecular flexibility index (Phi) is 4.09. The topological polar surface area (TPSA) is 81.9 Å². The Balaban J connectivity index is 3.51. The molecular formula is C11H14N2O5. The molecule has 0 amide bonds. The largest absolute Gasteiger partial charge is 0.496 e. The van der Waals surface area contributed by atoms with E-state index in [1.807, 2.05) is 0 Å². The quantitative estimate of drug-likeness (QED) is 0.459. The minimum atomic E-state index is -0.680. The van der Waals surface area contributed by atoms with Crippen molar-refractivity contribution in [1.29, 1.82) is 0 Å². The fraction of sp³-hybridized carbons (Fsp3) is 0.364. The van der Waals surface area contributed by atoms with Crippen molar-refractivity contribution in [2.24, 2.45) is 0 Å².